The van der Waals surface area contributed by atoms with Crippen molar-refractivity contribution in [1.82, 2.24) is 19.9 Å². The van der Waals surface area contributed by atoms with Gasteiger partial charge >= 0.3 is 0 Å². The fourth-order valence-electron chi connectivity index (χ4n) is 4.43. The summed E-state index contributed by atoms with van der Waals surface area (Å²) in [5.74, 6) is 0.518. The molecule has 0 bridgehead atoms. The van der Waals surface area contributed by atoms with Crippen LogP contribution in [0, 0.1) is 5.41 Å². The molecule has 1 aromatic heterocycles. The Morgan fingerprint density at radius 2 is 2.09 bits per heavy atom. The van der Waals surface area contributed by atoms with Gasteiger partial charge in [-0.3, -0.25) is 9.48 Å². The van der Waals surface area contributed by atoms with E-state index in [1.54, 1.807) is 0 Å². The van der Waals surface area contributed by atoms with Crippen LogP contribution in [-0.2, 0) is 11.3 Å². The topological polar surface area (TPSA) is 71.2 Å². The van der Waals surface area contributed by atoms with E-state index in [1.807, 2.05) is 15.8 Å². The van der Waals surface area contributed by atoms with Crippen LogP contribution in [0.5, 0.6) is 0 Å². The number of carbonyl (C=O) groups excluding carboxylic acids is 1. The van der Waals surface area contributed by atoms with E-state index in [0.717, 1.165) is 25.1 Å². The van der Waals surface area contributed by atoms with E-state index in [-0.39, 0.29) is 17.4 Å². The quantitative estimate of drug-likeness (QED) is 0.917. The van der Waals surface area contributed by atoms with Gasteiger partial charge in [0, 0.05) is 18.7 Å². The molecule has 0 radical (unpaired) electrons. The summed E-state index contributed by atoms with van der Waals surface area (Å²) in [6, 6.07) is 0.129. The van der Waals surface area contributed by atoms with Crippen LogP contribution in [-0.4, -0.2) is 49.1 Å². The second-order valence-corrected chi connectivity index (χ2v) is 8.48. The van der Waals surface area contributed by atoms with Crippen molar-refractivity contribution in [3.8, 4) is 0 Å². The molecule has 1 atom stereocenters. The average molecular weight is 318 g/mol. The SMILES string of the molecule is CC1(C)CC(O)(C(=O)N2CCCC2Cn2cc(C3CC3)nn2)C1. The largest absolute Gasteiger partial charge is 0.380 e. The number of amides is 1. The third-order valence-electron chi connectivity index (χ3n) is 5.53. The minimum absolute atomic E-state index is 0.0741. The van der Waals surface area contributed by atoms with E-state index in [4.69, 9.17) is 0 Å². The third kappa shape index (κ3) is 2.77. The molecule has 1 unspecified atom stereocenters. The van der Waals surface area contributed by atoms with Crippen molar-refractivity contribution in [3.63, 3.8) is 0 Å². The number of aromatic nitrogens is 3. The first-order valence-corrected chi connectivity index (χ1v) is 8.80. The van der Waals surface area contributed by atoms with E-state index in [9.17, 15) is 9.90 Å². The standard InChI is InChI=1S/C17H26N4O2/c1-16(2)10-17(23,11-16)15(22)21-7-3-4-13(21)8-20-9-14(18-19-20)12-5-6-12/h9,12-13,23H,3-8,10-11H2,1-2H3. The van der Waals surface area contributed by atoms with Crippen molar-refractivity contribution in [3.05, 3.63) is 11.9 Å². The molecule has 23 heavy (non-hydrogen) atoms. The lowest BCUT2D eigenvalue weighted by atomic mass is 9.61. The van der Waals surface area contributed by atoms with E-state index in [1.165, 1.54) is 12.8 Å². The summed E-state index contributed by atoms with van der Waals surface area (Å²) in [5, 5.41) is 19.1. The van der Waals surface area contributed by atoms with Gasteiger partial charge in [-0.1, -0.05) is 19.1 Å². The Kier molecular flexibility index (Phi) is 3.31. The predicted octanol–water partition coefficient (Wildman–Crippen LogP) is 1.70. The number of carbonyl (C=O) groups is 1. The zero-order valence-electron chi connectivity index (χ0n) is 14.0. The van der Waals surface area contributed by atoms with Crippen molar-refractivity contribution in [2.45, 2.75) is 76.5 Å². The summed E-state index contributed by atoms with van der Waals surface area (Å²) >= 11 is 0. The highest BCUT2D eigenvalue weighted by Gasteiger charge is 2.55. The van der Waals surface area contributed by atoms with E-state index >= 15 is 0 Å². The van der Waals surface area contributed by atoms with E-state index in [0.29, 0.717) is 25.3 Å². The van der Waals surface area contributed by atoms with E-state index < -0.39 is 5.60 Å². The maximum atomic E-state index is 12.8. The number of hydrogen-bond donors (Lipinski definition) is 1. The highest BCUT2D eigenvalue weighted by Crippen LogP contribution is 2.49. The molecule has 6 nitrogen and oxygen atoms in total. The Hall–Kier alpha value is -1.43. The van der Waals surface area contributed by atoms with Crippen LogP contribution in [0.4, 0.5) is 0 Å². The van der Waals surface area contributed by atoms with Crippen molar-refractivity contribution < 1.29 is 9.90 Å². The van der Waals surface area contributed by atoms with Gasteiger partial charge in [-0.15, -0.1) is 5.10 Å². The summed E-state index contributed by atoms with van der Waals surface area (Å²) in [6.45, 7) is 5.64. The molecule has 3 aliphatic rings. The normalized spacial score (nSPS) is 28.7. The molecule has 2 heterocycles. The van der Waals surface area contributed by atoms with Crippen molar-refractivity contribution >= 4 is 5.91 Å². The first-order chi connectivity index (χ1) is 10.9. The molecule has 6 heteroatoms. The Bertz CT molecular complexity index is 612. The Morgan fingerprint density at radius 3 is 2.74 bits per heavy atom. The minimum atomic E-state index is -1.15. The lowest BCUT2D eigenvalue weighted by molar-refractivity contribution is -0.177. The fraction of sp³-hybridized carbons (Fsp3) is 0.824. The summed E-state index contributed by atoms with van der Waals surface area (Å²) in [5.41, 5.74) is 0.0125. The van der Waals surface area contributed by atoms with Crippen LogP contribution in [0.3, 0.4) is 0 Å². The molecule has 1 aromatic rings. The zero-order chi connectivity index (χ0) is 16.2. The van der Waals surface area contributed by atoms with Gasteiger partial charge in [-0.25, -0.2) is 0 Å². The monoisotopic (exact) mass is 318 g/mol. The molecule has 2 aliphatic carbocycles. The van der Waals surface area contributed by atoms with Crippen LogP contribution < -0.4 is 0 Å². The predicted molar refractivity (Wildman–Crippen MR) is 84.7 cm³/mol. The number of nitrogens with zero attached hydrogens (tertiary/aromatic N) is 4. The van der Waals surface area contributed by atoms with Crippen LogP contribution in [0.1, 0.15) is 64.0 Å². The lowest BCUT2D eigenvalue weighted by Gasteiger charge is -2.50. The third-order valence-corrected chi connectivity index (χ3v) is 5.53. The molecule has 0 spiro atoms. The van der Waals surface area contributed by atoms with Crippen LogP contribution in [0.15, 0.2) is 6.20 Å². The highest BCUT2D eigenvalue weighted by atomic mass is 16.3. The maximum absolute atomic E-state index is 12.8. The van der Waals surface area contributed by atoms with Crippen molar-refractivity contribution in [2.24, 2.45) is 5.41 Å². The van der Waals surface area contributed by atoms with E-state index in [2.05, 4.69) is 24.2 Å². The van der Waals surface area contributed by atoms with Crippen molar-refractivity contribution in [2.75, 3.05) is 6.54 Å². The smallest absolute Gasteiger partial charge is 0.254 e. The lowest BCUT2D eigenvalue weighted by Crippen LogP contribution is -2.60. The van der Waals surface area contributed by atoms with Crippen LogP contribution >= 0.6 is 0 Å². The number of rotatable bonds is 4. The molecule has 1 aliphatic heterocycles. The van der Waals surface area contributed by atoms with Gasteiger partial charge in [0.15, 0.2) is 0 Å². The molecule has 3 fully saturated rings. The summed E-state index contributed by atoms with van der Waals surface area (Å²) in [4.78, 5) is 14.7. The fourth-order valence-corrected chi connectivity index (χ4v) is 4.43. The Labute approximate surface area is 136 Å². The Balaban J connectivity index is 1.42. The summed E-state index contributed by atoms with van der Waals surface area (Å²) in [7, 11) is 0. The highest BCUT2D eigenvalue weighted by molar-refractivity contribution is 5.86. The maximum Gasteiger partial charge on any atom is 0.254 e. The van der Waals surface area contributed by atoms with Gasteiger partial charge in [0.1, 0.15) is 5.60 Å². The minimum Gasteiger partial charge on any atom is -0.380 e. The number of likely N-dealkylation sites (tertiary alicyclic amines) is 1. The Morgan fingerprint density at radius 1 is 1.35 bits per heavy atom. The summed E-state index contributed by atoms with van der Waals surface area (Å²) in [6.07, 6.45) is 7.57. The molecule has 126 valence electrons. The molecular formula is C17H26N4O2. The van der Waals surface area contributed by atoms with Gasteiger partial charge in [0.05, 0.1) is 18.3 Å². The first-order valence-electron chi connectivity index (χ1n) is 8.80. The molecule has 1 amide bonds. The van der Waals surface area contributed by atoms with Crippen LogP contribution in [0.2, 0.25) is 0 Å². The number of hydrogen-bond acceptors (Lipinski definition) is 4. The molecule has 1 N–H and O–H groups in total. The van der Waals surface area contributed by atoms with Crippen molar-refractivity contribution in [1.29, 1.82) is 0 Å². The van der Waals surface area contributed by atoms with Gasteiger partial charge in [0.25, 0.3) is 5.91 Å². The van der Waals surface area contributed by atoms with Gasteiger partial charge in [-0.2, -0.15) is 0 Å². The van der Waals surface area contributed by atoms with Gasteiger partial charge < -0.3 is 10.0 Å². The molecule has 1 saturated heterocycles. The average Bonchev–Trinajstić information content (AvgIpc) is 3.03. The van der Waals surface area contributed by atoms with Gasteiger partial charge in [-0.05, 0) is 43.9 Å². The first kappa shape index (κ1) is 15.1. The summed E-state index contributed by atoms with van der Waals surface area (Å²) < 4.78 is 1.87. The second-order valence-electron chi connectivity index (χ2n) is 8.48. The zero-order valence-corrected chi connectivity index (χ0v) is 14.0. The molecular weight excluding hydrogens is 292 g/mol. The van der Waals surface area contributed by atoms with Crippen LogP contribution in [0.25, 0.3) is 0 Å². The second kappa shape index (κ2) is 5.03. The van der Waals surface area contributed by atoms with Gasteiger partial charge in [0.2, 0.25) is 0 Å². The molecule has 2 saturated carbocycles. The molecule has 4 rings (SSSR count). The molecule has 0 aromatic carbocycles. The number of aliphatic hydroxyl groups is 1.